The number of nitrogens with two attached hydrogens (primary N) is 1. The van der Waals surface area contributed by atoms with E-state index in [1.165, 1.54) is 0 Å². The highest BCUT2D eigenvalue weighted by molar-refractivity contribution is 8.03. The summed E-state index contributed by atoms with van der Waals surface area (Å²) in [5, 5.41) is 2.76. The molecule has 82 valence electrons. The molecular weight excluding hydrogens is 196 g/mol. The van der Waals surface area contributed by atoms with E-state index in [0.29, 0.717) is 0 Å². The van der Waals surface area contributed by atoms with Crippen molar-refractivity contribution >= 4 is 17.7 Å². The molecule has 1 heterocycles. The van der Waals surface area contributed by atoms with Crippen LogP contribution >= 0.6 is 11.8 Å². The standard InChI is InChI=1S/C10H20N2OS/c1-6(11)7(13)12-8-9(2,3)14-10(8,4)5/h6,8H,11H2,1-5H3,(H,12,13)/t6-/m1/s1/i1D3. The summed E-state index contributed by atoms with van der Waals surface area (Å²) in [7, 11) is 0. The van der Waals surface area contributed by atoms with Crippen LogP contribution in [0.1, 0.15) is 38.7 Å². The van der Waals surface area contributed by atoms with Crippen molar-refractivity contribution in [3.8, 4) is 0 Å². The maximum atomic E-state index is 11.8. The fourth-order valence-corrected chi connectivity index (χ4v) is 4.27. The van der Waals surface area contributed by atoms with E-state index in [2.05, 4.69) is 5.32 Å². The zero-order chi connectivity index (χ0) is 13.6. The van der Waals surface area contributed by atoms with Crippen molar-refractivity contribution in [2.24, 2.45) is 5.73 Å². The Morgan fingerprint density at radius 2 is 2.00 bits per heavy atom. The Bertz CT molecular complexity index is 314. The molecule has 0 aliphatic carbocycles. The largest absolute Gasteiger partial charge is 0.349 e. The third-order valence-corrected chi connectivity index (χ3v) is 4.01. The highest BCUT2D eigenvalue weighted by Gasteiger charge is 2.54. The second-order valence-corrected chi connectivity index (χ2v) is 7.04. The summed E-state index contributed by atoms with van der Waals surface area (Å²) in [6.07, 6.45) is 0. The van der Waals surface area contributed by atoms with Gasteiger partial charge >= 0.3 is 0 Å². The van der Waals surface area contributed by atoms with Crippen LogP contribution in [0.15, 0.2) is 0 Å². The monoisotopic (exact) mass is 219 g/mol. The average molecular weight is 219 g/mol. The molecule has 4 heteroatoms. The molecule has 1 aliphatic rings. The molecule has 0 aromatic heterocycles. The fraction of sp³-hybridized carbons (Fsp3) is 0.900. The van der Waals surface area contributed by atoms with E-state index < -0.39 is 18.8 Å². The summed E-state index contributed by atoms with van der Waals surface area (Å²) in [6.45, 7) is 5.64. The number of hydrogen-bond acceptors (Lipinski definition) is 3. The van der Waals surface area contributed by atoms with Gasteiger partial charge in [0, 0.05) is 13.6 Å². The summed E-state index contributed by atoms with van der Waals surface area (Å²) >= 11 is 1.76. The van der Waals surface area contributed by atoms with Gasteiger partial charge in [0.15, 0.2) is 0 Å². The van der Waals surface area contributed by atoms with Crippen molar-refractivity contribution in [1.29, 1.82) is 0 Å². The lowest BCUT2D eigenvalue weighted by Crippen LogP contribution is -2.68. The number of thioether (sulfide) groups is 1. The van der Waals surface area contributed by atoms with E-state index in [1.54, 1.807) is 11.8 Å². The second-order valence-electron chi connectivity index (χ2n) is 4.73. The molecule has 1 saturated heterocycles. The fourth-order valence-electron chi connectivity index (χ4n) is 2.15. The van der Waals surface area contributed by atoms with Crippen molar-refractivity contribution in [3.05, 3.63) is 0 Å². The van der Waals surface area contributed by atoms with Crippen LogP contribution in [0.2, 0.25) is 0 Å². The smallest absolute Gasteiger partial charge is 0.236 e. The first kappa shape index (κ1) is 7.99. The number of nitrogens with one attached hydrogen (secondary N) is 1. The van der Waals surface area contributed by atoms with Crippen molar-refractivity contribution in [2.45, 2.75) is 56.1 Å². The molecular formula is C10H20N2OS. The Balaban J connectivity index is 2.70. The Morgan fingerprint density at radius 1 is 1.50 bits per heavy atom. The minimum absolute atomic E-state index is 0.0686. The van der Waals surface area contributed by atoms with Crippen LogP contribution in [0.4, 0.5) is 0 Å². The van der Waals surface area contributed by atoms with Gasteiger partial charge in [-0.15, -0.1) is 11.8 Å². The molecule has 0 aromatic carbocycles. The van der Waals surface area contributed by atoms with Crippen molar-refractivity contribution in [2.75, 3.05) is 0 Å². The van der Waals surface area contributed by atoms with E-state index in [-0.39, 0.29) is 15.5 Å². The van der Waals surface area contributed by atoms with Gasteiger partial charge < -0.3 is 11.1 Å². The molecule has 0 spiro atoms. The molecule has 0 aromatic rings. The summed E-state index contributed by atoms with van der Waals surface area (Å²) in [4.78, 5) is 11.8. The minimum atomic E-state index is -2.45. The number of carbonyl (C=O) groups is 1. The number of carbonyl (C=O) groups excluding carboxylic acids is 1. The Kier molecular flexibility index (Phi) is 1.95. The SMILES string of the molecule is [2H]C([2H])([2H])[C@@H](N)C(=O)NC1C(C)(C)SC1(C)C. The highest BCUT2D eigenvalue weighted by atomic mass is 32.2. The molecule has 0 bridgehead atoms. The normalized spacial score (nSPS) is 30.5. The molecule has 3 nitrogen and oxygen atoms in total. The van der Waals surface area contributed by atoms with E-state index in [1.807, 2.05) is 27.7 Å². The summed E-state index contributed by atoms with van der Waals surface area (Å²) in [5.41, 5.74) is 5.42. The van der Waals surface area contributed by atoms with Gasteiger partial charge in [-0.1, -0.05) is 0 Å². The summed E-state index contributed by atoms with van der Waals surface area (Å²) in [6, 6.07) is -1.53. The van der Waals surface area contributed by atoms with E-state index in [9.17, 15) is 4.79 Å². The maximum absolute atomic E-state index is 11.8. The van der Waals surface area contributed by atoms with Crippen LogP contribution in [0.3, 0.4) is 0 Å². The molecule has 3 N–H and O–H groups in total. The van der Waals surface area contributed by atoms with Gasteiger partial charge in [0.1, 0.15) is 0 Å². The van der Waals surface area contributed by atoms with Gasteiger partial charge in [0.2, 0.25) is 5.91 Å². The van der Waals surface area contributed by atoms with Gasteiger partial charge in [-0.2, -0.15) is 0 Å². The van der Waals surface area contributed by atoms with Crippen LogP contribution in [0.25, 0.3) is 0 Å². The zero-order valence-electron chi connectivity index (χ0n) is 12.0. The van der Waals surface area contributed by atoms with Gasteiger partial charge in [0.25, 0.3) is 0 Å². The third kappa shape index (κ3) is 2.06. The maximum Gasteiger partial charge on any atom is 0.236 e. The lowest BCUT2D eigenvalue weighted by atomic mass is 9.89. The lowest BCUT2D eigenvalue weighted by molar-refractivity contribution is -0.123. The van der Waals surface area contributed by atoms with Crippen LogP contribution < -0.4 is 11.1 Å². The first-order chi connectivity index (χ1) is 7.38. The van der Waals surface area contributed by atoms with E-state index >= 15 is 0 Å². The molecule has 1 atom stereocenters. The van der Waals surface area contributed by atoms with Crippen LogP contribution in [-0.2, 0) is 4.79 Å². The molecule has 1 aliphatic heterocycles. The van der Waals surface area contributed by atoms with E-state index in [4.69, 9.17) is 9.85 Å². The quantitative estimate of drug-likeness (QED) is 0.732. The first-order valence-corrected chi connectivity index (χ1v) is 5.46. The highest BCUT2D eigenvalue weighted by Crippen LogP contribution is 2.54. The van der Waals surface area contributed by atoms with Crippen LogP contribution in [-0.4, -0.2) is 27.5 Å². The molecule has 0 unspecified atom stereocenters. The van der Waals surface area contributed by atoms with Crippen molar-refractivity contribution < 1.29 is 8.91 Å². The van der Waals surface area contributed by atoms with Crippen molar-refractivity contribution in [3.63, 3.8) is 0 Å². The Hall–Kier alpha value is -0.220. The Morgan fingerprint density at radius 3 is 2.36 bits per heavy atom. The van der Waals surface area contributed by atoms with Gasteiger partial charge in [-0.3, -0.25) is 4.79 Å². The molecule has 1 rings (SSSR count). The predicted molar refractivity (Wildman–Crippen MR) is 61.3 cm³/mol. The number of amides is 1. The Labute approximate surface area is 94.4 Å². The van der Waals surface area contributed by atoms with E-state index in [0.717, 1.165) is 0 Å². The summed E-state index contributed by atoms with van der Waals surface area (Å²) in [5.74, 6) is -0.601. The zero-order valence-corrected chi connectivity index (χ0v) is 9.87. The molecule has 0 saturated carbocycles. The topological polar surface area (TPSA) is 55.1 Å². The average Bonchev–Trinajstić information content (AvgIpc) is 2.09. The first-order valence-electron chi connectivity index (χ1n) is 6.14. The van der Waals surface area contributed by atoms with Gasteiger partial charge in [-0.05, 0) is 34.5 Å². The number of rotatable bonds is 2. The molecule has 1 amide bonds. The van der Waals surface area contributed by atoms with Crippen LogP contribution in [0, 0.1) is 0 Å². The molecule has 1 fully saturated rings. The lowest BCUT2D eigenvalue weighted by Gasteiger charge is -2.56. The number of hydrogen-bond donors (Lipinski definition) is 2. The minimum Gasteiger partial charge on any atom is -0.349 e. The van der Waals surface area contributed by atoms with Gasteiger partial charge in [-0.25, -0.2) is 0 Å². The summed E-state index contributed by atoms with van der Waals surface area (Å²) < 4.78 is 21.2. The van der Waals surface area contributed by atoms with Gasteiger partial charge in [0.05, 0.1) is 12.1 Å². The second kappa shape index (κ2) is 3.42. The predicted octanol–water partition coefficient (Wildman–Crippen LogP) is 1.12. The third-order valence-electron chi connectivity index (χ3n) is 2.49. The molecule has 0 radical (unpaired) electrons. The molecule has 14 heavy (non-hydrogen) atoms. The van der Waals surface area contributed by atoms with Crippen molar-refractivity contribution in [1.82, 2.24) is 5.32 Å². The van der Waals surface area contributed by atoms with Crippen LogP contribution in [0.5, 0.6) is 0 Å².